The summed E-state index contributed by atoms with van der Waals surface area (Å²) in [5, 5.41) is 0.590. The number of aryl methyl sites for hydroxylation is 1. The second-order valence-corrected chi connectivity index (χ2v) is 7.30. The summed E-state index contributed by atoms with van der Waals surface area (Å²) in [4.78, 5) is 34.2. The van der Waals surface area contributed by atoms with E-state index in [-0.39, 0.29) is 17.4 Å². The molecule has 0 bridgehead atoms. The van der Waals surface area contributed by atoms with E-state index in [0.29, 0.717) is 30.4 Å². The van der Waals surface area contributed by atoms with Crippen LogP contribution in [0.1, 0.15) is 29.2 Å². The number of methoxy groups -OCH3 is 1. The second-order valence-electron chi connectivity index (χ2n) is 7.30. The molecule has 1 aliphatic heterocycles. The lowest BCUT2D eigenvalue weighted by Crippen LogP contribution is -2.30. The summed E-state index contributed by atoms with van der Waals surface area (Å²) >= 11 is 0. The summed E-state index contributed by atoms with van der Waals surface area (Å²) in [5.41, 5.74) is 3.43. The lowest BCUT2D eigenvalue weighted by atomic mass is 10.0. The van der Waals surface area contributed by atoms with Gasteiger partial charge < -0.3 is 14.6 Å². The summed E-state index contributed by atoms with van der Waals surface area (Å²) in [6, 6.07) is 11.3. The van der Waals surface area contributed by atoms with Crippen LogP contribution < -0.4 is 10.3 Å². The number of hydrogen-bond acceptors (Lipinski definition) is 4. The molecule has 0 saturated carbocycles. The topological polar surface area (TPSA) is 75.3 Å². The standard InChI is InChI=1S/C22H23N3O3/c1-14-10-15(5-6-20(14)28-2)11-21(26)25-9-7-16(13-25)18-12-19-17(22(27)24-18)4-3-8-23-19/h3-6,8,10,12,16H,7,9,11,13H2,1-2H3,(H,24,27)/t16-/m1/s1. The molecule has 1 fully saturated rings. The molecule has 1 saturated heterocycles. The van der Waals surface area contributed by atoms with Crippen LogP contribution in [0.25, 0.3) is 10.9 Å². The van der Waals surface area contributed by atoms with Crippen molar-refractivity contribution in [2.75, 3.05) is 20.2 Å². The number of fused-ring (bicyclic) bond motifs is 1. The average Bonchev–Trinajstić information content (AvgIpc) is 3.19. The minimum absolute atomic E-state index is 0.105. The molecule has 0 spiro atoms. The Morgan fingerprint density at radius 1 is 1.32 bits per heavy atom. The predicted molar refractivity (Wildman–Crippen MR) is 108 cm³/mol. The van der Waals surface area contributed by atoms with Gasteiger partial charge in [0.2, 0.25) is 5.91 Å². The van der Waals surface area contributed by atoms with Crippen molar-refractivity contribution in [3.63, 3.8) is 0 Å². The summed E-state index contributed by atoms with van der Waals surface area (Å²) in [5.74, 6) is 1.06. The summed E-state index contributed by atoms with van der Waals surface area (Å²) in [6.07, 6.45) is 2.89. The number of rotatable bonds is 4. The summed E-state index contributed by atoms with van der Waals surface area (Å²) in [7, 11) is 1.64. The number of amides is 1. The molecule has 28 heavy (non-hydrogen) atoms. The van der Waals surface area contributed by atoms with E-state index in [1.54, 1.807) is 25.4 Å². The zero-order valence-electron chi connectivity index (χ0n) is 16.1. The van der Waals surface area contributed by atoms with Gasteiger partial charge in [-0.3, -0.25) is 14.6 Å². The smallest absolute Gasteiger partial charge is 0.257 e. The average molecular weight is 377 g/mol. The molecule has 6 nitrogen and oxygen atoms in total. The van der Waals surface area contributed by atoms with E-state index in [0.717, 1.165) is 29.0 Å². The maximum atomic E-state index is 12.7. The van der Waals surface area contributed by atoms with Gasteiger partial charge in [-0.2, -0.15) is 0 Å². The maximum absolute atomic E-state index is 12.7. The SMILES string of the molecule is COc1ccc(CC(=O)N2CC[C@@H](c3cc4ncccc4c(=O)[nH]3)C2)cc1C. The number of H-pyrrole nitrogens is 1. The Labute approximate surface area is 163 Å². The minimum atomic E-state index is -0.126. The molecule has 0 unspecified atom stereocenters. The van der Waals surface area contributed by atoms with Gasteiger partial charge in [0.25, 0.3) is 5.56 Å². The van der Waals surface area contributed by atoms with E-state index >= 15 is 0 Å². The van der Waals surface area contributed by atoms with Crippen LogP contribution in [0, 0.1) is 6.92 Å². The van der Waals surface area contributed by atoms with Crippen molar-refractivity contribution in [3.05, 3.63) is 69.8 Å². The molecule has 0 aliphatic carbocycles. The number of hydrogen-bond donors (Lipinski definition) is 1. The van der Waals surface area contributed by atoms with Crippen molar-refractivity contribution in [2.45, 2.75) is 25.7 Å². The number of likely N-dealkylation sites (tertiary alicyclic amines) is 1. The molecule has 4 rings (SSSR count). The van der Waals surface area contributed by atoms with Gasteiger partial charge in [0.15, 0.2) is 0 Å². The van der Waals surface area contributed by atoms with Crippen molar-refractivity contribution in [1.29, 1.82) is 0 Å². The number of nitrogens with zero attached hydrogens (tertiary/aromatic N) is 2. The molecule has 1 aliphatic rings. The van der Waals surface area contributed by atoms with Gasteiger partial charge in [-0.1, -0.05) is 12.1 Å². The van der Waals surface area contributed by atoms with Crippen LogP contribution in [0.3, 0.4) is 0 Å². The van der Waals surface area contributed by atoms with Gasteiger partial charge in [0, 0.05) is 30.9 Å². The van der Waals surface area contributed by atoms with Crippen molar-refractivity contribution >= 4 is 16.8 Å². The highest BCUT2D eigenvalue weighted by atomic mass is 16.5. The van der Waals surface area contributed by atoms with Crippen molar-refractivity contribution < 1.29 is 9.53 Å². The van der Waals surface area contributed by atoms with Gasteiger partial charge in [0.05, 0.1) is 24.4 Å². The van der Waals surface area contributed by atoms with Gasteiger partial charge in [-0.05, 0) is 48.7 Å². The lowest BCUT2D eigenvalue weighted by molar-refractivity contribution is -0.129. The molecular weight excluding hydrogens is 354 g/mol. The Morgan fingerprint density at radius 3 is 2.96 bits per heavy atom. The molecule has 1 N–H and O–H groups in total. The van der Waals surface area contributed by atoms with Crippen LogP contribution in [-0.4, -0.2) is 41.0 Å². The zero-order chi connectivity index (χ0) is 19.7. The highest BCUT2D eigenvalue weighted by Gasteiger charge is 2.28. The molecule has 0 radical (unpaired) electrons. The fraction of sp³-hybridized carbons (Fsp3) is 0.318. The van der Waals surface area contributed by atoms with E-state index in [9.17, 15) is 9.59 Å². The molecule has 2 aromatic heterocycles. The number of ether oxygens (including phenoxy) is 1. The third kappa shape index (κ3) is 3.50. The highest BCUT2D eigenvalue weighted by molar-refractivity contribution is 5.80. The molecule has 3 heterocycles. The Balaban J connectivity index is 1.47. The van der Waals surface area contributed by atoms with E-state index < -0.39 is 0 Å². The molecule has 3 aromatic rings. The van der Waals surface area contributed by atoms with Crippen LogP contribution in [0.5, 0.6) is 5.75 Å². The van der Waals surface area contributed by atoms with Crippen LogP contribution in [-0.2, 0) is 11.2 Å². The number of aromatic nitrogens is 2. The summed E-state index contributed by atoms with van der Waals surface area (Å²) < 4.78 is 5.28. The molecule has 6 heteroatoms. The fourth-order valence-electron chi connectivity index (χ4n) is 3.90. The maximum Gasteiger partial charge on any atom is 0.257 e. The summed E-state index contributed by atoms with van der Waals surface area (Å²) in [6.45, 7) is 3.28. The quantitative estimate of drug-likeness (QED) is 0.759. The number of aromatic amines is 1. The van der Waals surface area contributed by atoms with Crippen LogP contribution >= 0.6 is 0 Å². The minimum Gasteiger partial charge on any atom is -0.496 e. The Kier molecular flexibility index (Phi) is 4.86. The largest absolute Gasteiger partial charge is 0.496 e. The lowest BCUT2D eigenvalue weighted by Gasteiger charge is -2.17. The van der Waals surface area contributed by atoms with Crippen LogP contribution in [0.4, 0.5) is 0 Å². The zero-order valence-corrected chi connectivity index (χ0v) is 16.1. The normalized spacial score (nSPS) is 16.5. The van der Waals surface area contributed by atoms with Crippen LogP contribution in [0.2, 0.25) is 0 Å². The van der Waals surface area contributed by atoms with Crippen LogP contribution in [0.15, 0.2) is 47.4 Å². The van der Waals surface area contributed by atoms with Crippen molar-refractivity contribution in [3.8, 4) is 5.75 Å². The first-order chi connectivity index (χ1) is 13.5. The molecule has 1 amide bonds. The van der Waals surface area contributed by atoms with E-state index in [1.165, 1.54) is 0 Å². The fourth-order valence-corrected chi connectivity index (χ4v) is 3.90. The van der Waals surface area contributed by atoms with Crippen molar-refractivity contribution in [2.24, 2.45) is 0 Å². The molecule has 1 atom stereocenters. The second kappa shape index (κ2) is 7.46. The first kappa shape index (κ1) is 18.2. The Bertz CT molecular complexity index is 1090. The number of carbonyl (C=O) groups excluding carboxylic acids is 1. The number of benzene rings is 1. The monoisotopic (exact) mass is 377 g/mol. The van der Waals surface area contributed by atoms with E-state index in [2.05, 4.69) is 9.97 Å². The Morgan fingerprint density at radius 2 is 2.18 bits per heavy atom. The van der Waals surface area contributed by atoms with Gasteiger partial charge in [0.1, 0.15) is 5.75 Å². The third-order valence-electron chi connectivity index (χ3n) is 5.43. The van der Waals surface area contributed by atoms with Gasteiger partial charge >= 0.3 is 0 Å². The number of pyridine rings is 2. The van der Waals surface area contributed by atoms with E-state index in [4.69, 9.17) is 4.74 Å². The predicted octanol–water partition coefficient (Wildman–Crippen LogP) is 2.80. The van der Waals surface area contributed by atoms with Gasteiger partial charge in [-0.15, -0.1) is 0 Å². The third-order valence-corrected chi connectivity index (χ3v) is 5.43. The molecule has 1 aromatic carbocycles. The number of carbonyl (C=O) groups is 1. The number of nitrogens with one attached hydrogen (secondary N) is 1. The first-order valence-electron chi connectivity index (χ1n) is 9.44. The Hall–Kier alpha value is -3.15. The first-order valence-corrected chi connectivity index (χ1v) is 9.44. The molecule has 144 valence electrons. The van der Waals surface area contributed by atoms with Crippen molar-refractivity contribution in [1.82, 2.24) is 14.9 Å². The van der Waals surface area contributed by atoms with Gasteiger partial charge in [-0.25, -0.2) is 0 Å². The van der Waals surface area contributed by atoms with E-state index in [1.807, 2.05) is 36.1 Å². The molecular formula is C22H23N3O3. The highest BCUT2D eigenvalue weighted by Crippen LogP contribution is 2.27.